The number of carbonyl (C=O) groups excluding carboxylic acids is 9. The van der Waals surface area contributed by atoms with Gasteiger partial charge in [-0.1, -0.05) is 24.3 Å². The van der Waals surface area contributed by atoms with Crippen LogP contribution >= 0.6 is 0 Å². The fourth-order valence-electron chi connectivity index (χ4n) is 10.8. The first-order valence-electron chi connectivity index (χ1n) is 26.3. The molecule has 2 aliphatic carbocycles. The lowest BCUT2D eigenvalue weighted by Gasteiger charge is -2.28. The second-order valence-corrected chi connectivity index (χ2v) is 20.8. The number of likely N-dealkylation sites (tertiary alicyclic amines) is 1. The number of aryl methyl sites for hydroxylation is 7. The van der Waals surface area contributed by atoms with Gasteiger partial charge >= 0.3 is 0 Å². The van der Waals surface area contributed by atoms with Crippen molar-refractivity contribution in [3.05, 3.63) is 167 Å². The Balaban J connectivity index is 0.624. The number of hydrogen-bond acceptors (Lipinski definition) is 12. The monoisotopic (exact) mass is 1140 g/mol. The Labute approximate surface area is 478 Å². The third kappa shape index (κ3) is 10.5. The molecule has 1 saturated heterocycles. The van der Waals surface area contributed by atoms with E-state index in [-0.39, 0.29) is 82.2 Å². The fraction of sp³-hybridized carbons (Fsp3) is 0.228. The molecule has 8 heterocycles. The van der Waals surface area contributed by atoms with Crippen molar-refractivity contribution >= 4 is 93.5 Å². The first-order chi connectivity index (χ1) is 40.1. The first-order valence-corrected chi connectivity index (χ1v) is 26.3. The molecule has 7 N–H and O–H groups in total. The summed E-state index contributed by atoms with van der Waals surface area (Å²) in [5, 5.41) is 19.0. The molecule has 1 aromatic carbocycles. The topological polar surface area (TPSA) is 314 Å². The predicted octanol–water partition coefficient (Wildman–Crippen LogP) is 4.15. The molecule has 27 nitrogen and oxygen atoms in total. The van der Waals surface area contributed by atoms with Gasteiger partial charge in [0.05, 0.1) is 22.7 Å². The van der Waals surface area contributed by atoms with Crippen LogP contribution in [0.25, 0.3) is 6.08 Å². The summed E-state index contributed by atoms with van der Waals surface area (Å²) in [6.07, 6.45) is 17.9. The molecule has 1 saturated carbocycles. The van der Waals surface area contributed by atoms with Crippen molar-refractivity contribution in [1.29, 1.82) is 0 Å². The van der Waals surface area contributed by atoms with Crippen LogP contribution in [0, 0.1) is 5.92 Å². The number of carbonyl (C=O) groups is 9. The molecule has 1 aliphatic heterocycles. The van der Waals surface area contributed by atoms with Crippen molar-refractivity contribution < 1.29 is 43.2 Å². The summed E-state index contributed by atoms with van der Waals surface area (Å²) in [5.41, 5.74) is 4.77. The molecule has 428 valence electrons. The Morgan fingerprint density at radius 1 is 0.583 bits per heavy atom. The summed E-state index contributed by atoms with van der Waals surface area (Å²) in [6.45, 7) is 0.468. The molecular weight excluding hydrogens is 1080 g/mol. The van der Waals surface area contributed by atoms with Crippen LogP contribution in [-0.4, -0.2) is 118 Å². The number of nitrogens with zero attached hydrogens (tertiary/aromatic N) is 11. The van der Waals surface area contributed by atoms with Gasteiger partial charge in [-0.2, -0.15) is 0 Å². The van der Waals surface area contributed by atoms with Gasteiger partial charge in [0.15, 0.2) is 23.2 Å². The lowest BCUT2D eigenvalue weighted by molar-refractivity contribution is -0.124. The zero-order chi connectivity index (χ0) is 59.5. The van der Waals surface area contributed by atoms with E-state index in [0.29, 0.717) is 40.6 Å². The Hall–Kier alpha value is -11.1. The Morgan fingerprint density at radius 3 is 1.69 bits per heavy atom. The van der Waals surface area contributed by atoms with Gasteiger partial charge in [0, 0.05) is 153 Å². The second-order valence-electron chi connectivity index (χ2n) is 20.8. The summed E-state index contributed by atoms with van der Waals surface area (Å²) in [7, 11) is 11.5. The van der Waals surface area contributed by atoms with Gasteiger partial charge in [0.2, 0.25) is 17.6 Å². The third-order valence-electron chi connectivity index (χ3n) is 15.0. The van der Waals surface area contributed by atoms with E-state index in [4.69, 9.17) is 0 Å². The number of allylic oxidation sites excluding steroid dienone is 2. The molecule has 84 heavy (non-hydrogen) atoms. The van der Waals surface area contributed by atoms with Crippen molar-refractivity contribution in [3.8, 4) is 0 Å². The molecule has 2 fully saturated rings. The van der Waals surface area contributed by atoms with Crippen molar-refractivity contribution in [2.24, 2.45) is 55.3 Å². The molecule has 3 aliphatic rings. The molecular formula is C57H56N18O9. The van der Waals surface area contributed by atoms with E-state index in [1.54, 1.807) is 105 Å². The van der Waals surface area contributed by atoms with Crippen LogP contribution in [0.2, 0.25) is 0 Å². The Morgan fingerprint density at radius 2 is 1.11 bits per heavy atom. The van der Waals surface area contributed by atoms with Gasteiger partial charge in [0.1, 0.15) is 17.1 Å². The van der Waals surface area contributed by atoms with E-state index in [1.807, 2.05) is 24.3 Å². The number of nitrogens with one attached hydrogen (secondary N) is 7. The van der Waals surface area contributed by atoms with Crippen molar-refractivity contribution in [1.82, 2.24) is 57.1 Å². The largest absolute Gasteiger partial charge is 0.350 e. The molecule has 2 atom stereocenters. The Bertz CT molecular complexity index is 4170. The summed E-state index contributed by atoms with van der Waals surface area (Å²) in [6, 6.07) is 13.8. The highest BCUT2D eigenvalue weighted by atomic mass is 16.2. The summed E-state index contributed by atoms with van der Waals surface area (Å²) in [4.78, 5) is 133. The Kier molecular flexibility index (Phi) is 14.0. The minimum atomic E-state index is -0.618. The highest BCUT2D eigenvalue weighted by Crippen LogP contribution is 2.66. The molecule has 11 rings (SSSR count). The highest BCUT2D eigenvalue weighted by Gasteiger charge is 2.67. The predicted molar refractivity (Wildman–Crippen MR) is 306 cm³/mol. The lowest BCUT2D eigenvalue weighted by atomic mass is 9.81. The summed E-state index contributed by atoms with van der Waals surface area (Å²) >= 11 is 0. The van der Waals surface area contributed by atoms with E-state index >= 15 is 0 Å². The van der Waals surface area contributed by atoms with Gasteiger partial charge in [-0.3, -0.25) is 43.2 Å². The summed E-state index contributed by atoms with van der Waals surface area (Å²) in [5.74, 6) is -3.47. The van der Waals surface area contributed by atoms with Gasteiger partial charge in [0.25, 0.3) is 41.4 Å². The van der Waals surface area contributed by atoms with Crippen LogP contribution < -0.4 is 37.2 Å². The maximum absolute atomic E-state index is 13.5. The number of hydrogen-bond donors (Lipinski definition) is 7. The van der Waals surface area contributed by atoms with Gasteiger partial charge in [-0.05, 0) is 48.2 Å². The normalized spacial score (nSPS) is 15.7. The molecule has 27 heteroatoms. The van der Waals surface area contributed by atoms with Crippen LogP contribution in [0.4, 0.5) is 34.4 Å². The van der Waals surface area contributed by atoms with Crippen molar-refractivity contribution in [3.63, 3.8) is 0 Å². The van der Waals surface area contributed by atoms with Crippen LogP contribution in [-0.2, 0) is 64.3 Å². The molecule has 0 radical (unpaired) electrons. The maximum atomic E-state index is 13.5. The number of imidazole rings is 3. The zero-order valence-electron chi connectivity index (χ0n) is 46.5. The van der Waals surface area contributed by atoms with E-state index in [0.717, 1.165) is 17.7 Å². The average molecular weight is 1140 g/mol. The highest BCUT2D eigenvalue weighted by molar-refractivity contribution is 6.11. The molecule has 1 spiro atoms. The number of ketones is 1. The minimum absolute atomic E-state index is 0.00685. The SMILES string of the molecule is Cn1cc(NC(=O)c2cc(NC(=O)c3nc(NC(=O)CCNC(=O)c4cc(NC(=O)c5cc(NC(=O)c6nc(NC(=O)c7nccn7C)cn6C)cn5C)cn4C)cn3C)cn2C)cc1/C=C/C(=O)N1CC2CC23C1=CC(=O)c1ccccc13. The number of anilines is 6. The number of aromatic nitrogens is 10. The number of rotatable bonds is 17. The number of piperidine rings is 1. The fourth-order valence-corrected chi connectivity index (χ4v) is 10.8. The third-order valence-corrected chi connectivity index (χ3v) is 15.0. The molecule has 7 aromatic heterocycles. The van der Waals surface area contributed by atoms with Gasteiger partial charge < -0.3 is 74.1 Å². The number of fused-ring (bicyclic) bond motifs is 1. The smallest absolute Gasteiger partial charge is 0.292 e. The van der Waals surface area contributed by atoms with E-state index in [1.165, 1.54) is 73.5 Å². The van der Waals surface area contributed by atoms with E-state index in [9.17, 15) is 43.2 Å². The number of amides is 8. The average Bonchev–Trinajstić information content (AvgIpc) is 1.68. The standard InChI is InChI=1S/C57H56N18O9/c1-68-17-16-58-48(68)54(82)67-45-30-74(7)50(66-45)56(84)63-35-21-41(72(5)28-35)53(81)61-33-19-39(70(3)26-33)51(79)59-15-14-46(77)64-44-29-73(6)49(65-44)55(83)62-34-20-40(71(4)27-34)52(80)60-32-18-36(69(2)25-32)12-13-47(78)75-24-31-23-57(31)38-11-9-8-10-37(38)42(76)22-43(57)75/h8-13,16-22,25-31H,14-15,23-24H2,1-7H3,(H,59,79)(H,60,80)(H,61,81)(H,62,83)(H,63,84)(H,64,77)(H,67,82)/b13-12+. The van der Waals surface area contributed by atoms with Crippen molar-refractivity contribution in [2.45, 2.75) is 18.3 Å². The van der Waals surface area contributed by atoms with Crippen LogP contribution in [0.15, 0.2) is 116 Å². The zero-order valence-corrected chi connectivity index (χ0v) is 46.5. The summed E-state index contributed by atoms with van der Waals surface area (Å²) < 4.78 is 10.7. The van der Waals surface area contributed by atoms with E-state index < -0.39 is 41.4 Å². The van der Waals surface area contributed by atoms with Crippen LogP contribution in [0.5, 0.6) is 0 Å². The van der Waals surface area contributed by atoms with Gasteiger partial charge in [-0.15, -0.1) is 0 Å². The number of benzene rings is 1. The minimum Gasteiger partial charge on any atom is -0.350 e. The van der Waals surface area contributed by atoms with Gasteiger partial charge in [-0.25, -0.2) is 15.0 Å². The maximum Gasteiger partial charge on any atom is 0.292 e. The quantitative estimate of drug-likeness (QED) is 0.0633. The first kappa shape index (κ1) is 54.8. The molecule has 8 amide bonds. The molecule has 8 aromatic rings. The van der Waals surface area contributed by atoms with Crippen molar-refractivity contribution in [2.75, 3.05) is 45.0 Å². The second kappa shape index (κ2) is 21.4. The van der Waals surface area contributed by atoms with Crippen LogP contribution in [0.1, 0.15) is 97.8 Å². The molecule has 0 bridgehead atoms. The molecule has 2 unspecified atom stereocenters. The van der Waals surface area contributed by atoms with Crippen LogP contribution in [0.3, 0.4) is 0 Å². The lowest BCUT2D eigenvalue weighted by Crippen LogP contribution is -2.32. The van der Waals surface area contributed by atoms with E-state index in [2.05, 4.69) is 52.2 Å².